The van der Waals surface area contributed by atoms with Crippen molar-refractivity contribution in [2.45, 2.75) is 31.4 Å². The van der Waals surface area contributed by atoms with E-state index in [0.717, 1.165) is 22.4 Å². The lowest BCUT2D eigenvalue weighted by atomic mass is 10.1. The Balaban J connectivity index is 1.54. The molecular formula is C18H17FN2O2S. The number of aromatic nitrogens is 2. The molecule has 2 aromatic carbocycles. The van der Waals surface area contributed by atoms with E-state index in [9.17, 15) is 4.39 Å². The summed E-state index contributed by atoms with van der Waals surface area (Å²) < 4.78 is 24.1. The fourth-order valence-corrected chi connectivity index (χ4v) is 2.98. The van der Waals surface area contributed by atoms with Crippen LogP contribution in [0.25, 0.3) is 0 Å². The van der Waals surface area contributed by atoms with Gasteiger partial charge in [-0.3, -0.25) is 0 Å². The first kappa shape index (κ1) is 16.5. The Labute approximate surface area is 144 Å². The molecule has 1 aromatic heterocycles. The van der Waals surface area contributed by atoms with Gasteiger partial charge in [0.1, 0.15) is 11.6 Å². The Hall–Kier alpha value is -2.34. The molecule has 0 N–H and O–H groups in total. The van der Waals surface area contributed by atoms with Crippen molar-refractivity contribution in [2.75, 3.05) is 0 Å². The summed E-state index contributed by atoms with van der Waals surface area (Å²) in [5.41, 5.74) is 3.28. The van der Waals surface area contributed by atoms with E-state index in [1.54, 1.807) is 12.1 Å². The van der Waals surface area contributed by atoms with E-state index < -0.39 is 0 Å². The third-order valence-electron chi connectivity index (χ3n) is 3.28. The highest BCUT2D eigenvalue weighted by Crippen LogP contribution is 2.22. The van der Waals surface area contributed by atoms with Crippen molar-refractivity contribution in [2.24, 2.45) is 0 Å². The molecule has 24 heavy (non-hydrogen) atoms. The SMILES string of the molecule is Cc1cc(C)cc(OCc2nnc(SCc3ccc(F)cc3)o2)c1. The van der Waals surface area contributed by atoms with Gasteiger partial charge in [-0.05, 0) is 54.8 Å². The average molecular weight is 344 g/mol. The summed E-state index contributed by atoms with van der Waals surface area (Å²) in [4.78, 5) is 0. The summed E-state index contributed by atoms with van der Waals surface area (Å²) >= 11 is 1.41. The number of hydrogen-bond acceptors (Lipinski definition) is 5. The zero-order chi connectivity index (χ0) is 16.9. The smallest absolute Gasteiger partial charge is 0.277 e. The van der Waals surface area contributed by atoms with E-state index in [-0.39, 0.29) is 12.4 Å². The van der Waals surface area contributed by atoms with Gasteiger partial charge in [0.05, 0.1) is 0 Å². The van der Waals surface area contributed by atoms with Crippen molar-refractivity contribution in [1.82, 2.24) is 10.2 Å². The molecule has 0 atom stereocenters. The lowest BCUT2D eigenvalue weighted by Crippen LogP contribution is -1.96. The van der Waals surface area contributed by atoms with Crippen molar-refractivity contribution >= 4 is 11.8 Å². The largest absolute Gasteiger partial charge is 0.484 e. The molecule has 0 radical (unpaired) electrons. The maximum atomic E-state index is 12.9. The van der Waals surface area contributed by atoms with Gasteiger partial charge in [-0.15, -0.1) is 10.2 Å². The minimum atomic E-state index is -0.243. The predicted molar refractivity (Wildman–Crippen MR) is 90.5 cm³/mol. The highest BCUT2D eigenvalue weighted by molar-refractivity contribution is 7.98. The van der Waals surface area contributed by atoms with Gasteiger partial charge in [-0.25, -0.2) is 4.39 Å². The van der Waals surface area contributed by atoms with Gasteiger partial charge in [-0.2, -0.15) is 0 Å². The molecule has 0 aliphatic heterocycles. The standard InChI is InChI=1S/C18H17FN2O2S/c1-12-7-13(2)9-16(8-12)22-10-17-20-21-18(23-17)24-11-14-3-5-15(19)6-4-14/h3-9H,10-11H2,1-2H3. The molecule has 0 aliphatic carbocycles. The predicted octanol–water partition coefficient (Wildman–Crippen LogP) is 4.70. The van der Waals surface area contributed by atoms with Crippen LogP contribution in [-0.4, -0.2) is 10.2 Å². The third kappa shape index (κ3) is 4.58. The maximum Gasteiger partial charge on any atom is 0.277 e. The van der Waals surface area contributed by atoms with Gasteiger partial charge >= 0.3 is 0 Å². The summed E-state index contributed by atoms with van der Waals surface area (Å²) in [6.07, 6.45) is 0. The van der Waals surface area contributed by atoms with E-state index in [1.807, 2.05) is 26.0 Å². The molecule has 3 aromatic rings. The van der Waals surface area contributed by atoms with Crippen LogP contribution in [0.4, 0.5) is 4.39 Å². The van der Waals surface area contributed by atoms with Gasteiger partial charge in [-0.1, -0.05) is 30.0 Å². The summed E-state index contributed by atoms with van der Waals surface area (Å²) in [7, 11) is 0. The number of rotatable bonds is 6. The van der Waals surface area contributed by atoms with Crippen molar-refractivity contribution in [3.63, 3.8) is 0 Å². The van der Waals surface area contributed by atoms with E-state index >= 15 is 0 Å². The van der Waals surface area contributed by atoms with Crippen LogP contribution in [0, 0.1) is 19.7 Å². The van der Waals surface area contributed by atoms with Crippen LogP contribution in [0.5, 0.6) is 5.75 Å². The van der Waals surface area contributed by atoms with Crippen molar-refractivity contribution in [3.05, 3.63) is 70.9 Å². The molecule has 0 saturated heterocycles. The molecule has 0 saturated carbocycles. The zero-order valence-electron chi connectivity index (χ0n) is 13.5. The lowest BCUT2D eigenvalue weighted by molar-refractivity contribution is 0.252. The molecule has 0 unspecified atom stereocenters. The molecule has 0 aliphatic rings. The number of halogens is 1. The Morgan fingerprint density at radius 2 is 1.75 bits per heavy atom. The molecule has 124 valence electrons. The quantitative estimate of drug-likeness (QED) is 0.607. The highest BCUT2D eigenvalue weighted by Gasteiger charge is 2.08. The van der Waals surface area contributed by atoms with Crippen molar-refractivity contribution in [1.29, 1.82) is 0 Å². The minimum Gasteiger partial charge on any atom is -0.484 e. The van der Waals surface area contributed by atoms with Gasteiger partial charge < -0.3 is 9.15 Å². The molecule has 6 heteroatoms. The minimum absolute atomic E-state index is 0.229. The van der Waals surface area contributed by atoms with Crippen LogP contribution >= 0.6 is 11.8 Å². The van der Waals surface area contributed by atoms with Crippen LogP contribution in [0.2, 0.25) is 0 Å². The second-order valence-corrected chi connectivity index (χ2v) is 6.42. The first-order valence-corrected chi connectivity index (χ1v) is 8.48. The first-order chi connectivity index (χ1) is 11.6. The summed E-state index contributed by atoms with van der Waals surface area (Å²) in [5.74, 6) is 1.61. The normalized spacial score (nSPS) is 10.8. The summed E-state index contributed by atoms with van der Waals surface area (Å²) in [5, 5.41) is 8.44. The second-order valence-electron chi connectivity index (χ2n) is 5.49. The van der Waals surface area contributed by atoms with E-state index in [0.29, 0.717) is 16.9 Å². The maximum absolute atomic E-state index is 12.9. The Kier molecular flexibility index (Phi) is 5.15. The van der Waals surface area contributed by atoms with E-state index in [2.05, 4.69) is 16.3 Å². The molecule has 0 spiro atoms. The number of ether oxygens (including phenoxy) is 1. The number of aryl methyl sites for hydroxylation is 2. The summed E-state index contributed by atoms with van der Waals surface area (Å²) in [6.45, 7) is 4.28. The van der Waals surface area contributed by atoms with Crippen molar-refractivity contribution < 1.29 is 13.5 Å². The topological polar surface area (TPSA) is 48.2 Å². The number of benzene rings is 2. The van der Waals surface area contributed by atoms with Crippen LogP contribution in [0.1, 0.15) is 22.6 Å². The zero-order valence-corrected chi connectivity index (χ0v) is 14.3. The number of nitrogens with zero attached hydrogens (tertiary/aromatic N) is 2. The van der Waals surface area contributed by atoms with Crippen LogP contribution in [0.15, 0.2) is 52.1 Å². The van der Waals surface area contributed by atoms with Gasteiger partial charge in [0, 0.05) is 5.75 Å². The van der Waals surface area contributed by atoms with Gasteiger partial charge in [0.2, 0.25) is 0 Å². The molecule has 4 nitrogen and oxygen atoms in total. The number of hydrogen-bond donors (Lipinski definition) is 0. The number of thioether (sulfide) groups is 1. The van der Waals surface area contributed by atoms with Crippen LogP contribution < -0.4 is 4.74 Å². The highest BCUT2D eigenvalue weighted by atomic mass is 32.2. The molecule has 1 heterocycles. The molecule has 0 bridgehead atoms. The average Bonchev–Trinajstić information content (AvgIpc) is 2.99. The van der Waals surface area contributed by atoms with Crippen molar-refractivity contribution in [3.8, 4) is 5.75 Å². The van der Waals surface area contributed by atoms with E-state index in [4.69, 9.17) is 9.15 Å². The fraction of sp³-hybridized carbons (Fsp3) is 0.222. The second kappa shape index (κ2) is 7.49. The fourth-order valence-electron chi connectivity index (χ4n) is 2.24. The molecule has 0 amide bonds. The molecule has 3 rings (SSSR count). The Morgan fingerprint density at radius 1 is 1.04 bits per heavy atom. The van der Waals surface area contributed by atoms with Crippen LogP contribution in [-0.2, 0) is 12.4 Å². The first-order valence-electron chi connectivity index (χ1n) is 7.49. The van der Waals surface area contributed by atoms with Crippen LogP contribution in [0.3, 0.4) is 0 Å². The molecule has 0 fully saturated rings. The molecular weight excluding hydrogens is 327 g/mol. The summed E-state index contributed by atoms with van der Waals surface area (Å²) in [6, 6.07) is 12.4. The Morgan fingerprint density at radius 3 is 2.46 bits per heavy atom. The lowest BCUT2D eigenvalue weighted by Gasteiger charge is -2.05. The van der Waals surface area contributed by atoms with E-state index in [1.165, 1.54) is 23.9 Å². The third-order valence-corrected chi connectivity index (χ3v) is 4.17. The monoisotopic (exact) mass is 344 g/mol. The van der Waals surface area contributed by atoms with Gasteiger partial charge in [0.15, 0.2) is 6.61 Å². The Bertz CT molecular complexity index is 798. The van der Waals surface area contributed by atoms with Gasteiger partial charge in [0.25, 0.3) is 11.1 Å².